The van der Waals surface area contributed by atoms with Crippen LogP contribution in [0.2, 0.25) is 0 Å². The molecular formula is C9H9N7O4. The minimum absolute atomic E-state index is 0.157. The molecule has 0 saturated carbocycles. The normalized spacial score (nSPS) is 10.8. The van der Waals surface area contributed by atoms with E-state index in [0.717, 1.165) is 0 Å². The Morgan fingerprint density at radius 2 is 1.30 bits per heavy atom. The van der Waals surface area contributed by atoms with Gasteiger partial charge in [-0.2, -0.15) is 0 Å². The molecule has 0 N–H and O–H groups in total. The molecule has 0 amide bonds. The zero-order valence-corrected chi connectivity index (χ0v) is 10.8. The van der Waals surface area contributed by atoms with Crippen molar-refractivity contribution in [3.8, 4) is 28.7 Å². The Bertz CT molecular complexity index is 715. The van der Waals surface area contributed by atoms with Crippen LogP contribution in [0.3, 0.4) is 0 Å². The third-order valence-electron chi connectivity index (χ3n) is 2.48. The zero-order valence-electron chi connectivity index (χ0n) is 10.8. The fraction of sp³-hybridized carbons (Fsp3) is 0.333. The van der Waals surface area contributed by atoms with Gasteiger partial charge in [0.15, 0.2) is 17.1 Å². The Hall–Kier alpha value is -2.98. The maximum atomic E-state index is 5.01. The van der Waals surface area contributed by atoms with Crippen molar-refractivity contribution >= 4 is 5.82 Å². The van der Waals surface area contributed by atoms with E-state index in [9.17, 15) is 0 Å². The second-order valence-electron chi connectivity index (χ2n) is 3.91. The van der Waals surface area contributed by atoms with E-state index < -0.39 is 0 Å². The molecule has 3 aromatic rings. The van der Waals surface area contributed by atoms with Crippen molar-refractivity contribution < 1.29 is 18.6 Å². The van der Waals surface area contributed by atoms with Crippen LogP contribution in [-0.2, 0) is 0 Å². The maximum absolute atomic E-state index is 5.01. The molecule has 0 spiro atoms. The van der Waals surface area contributed by atoms with Gasteiger partial charge in [-0.15, -0.1) is 0 Å². The van der Waals surface area contributed by atoms with Crippen molar-refractivity contribution in [2.45, 2.75) is 0 Å². The van der Waals surface area contributed by atoms with Crippen LogP contribution < -0.4 is 9.64 Å². The van der Waals surface area contributed by atoms with Crippen LogP contribution in [0, 0.1) is 0 Å². The van der Waals surface area contributed by atoms with Crippen molar-refractivity contribution in [1.82, 2.24) is 30.9 Å². The lowest BCUT2D eigenvalue weighted by Gasteiger charge is -2.06. The van der Waals surface area contributed by atoms with Crippen LogP contribution >= 0.6 is 0 Å². The third kappa shape index (κ3) is 1.75. The fourth-order valence-corrected chi connectivity index (χ4v) is 1.58. The van der Waals surface area contributed by atoms with Crippen molar-refractivity contribution in [3.05, 3.63) is 0 Å². The Morgan fingerprint density at radius 3 is 2.00 bits per heavy atom. The molecule has 0 fully saturated rings. The number of hydrogen-bond donors (Lipinski definition) is 0. The standard InChI is InChI=1S/C9H9N7O4/c1-16(2)8-6(12-19-14-8)4-5(11-18-10-4)7-9(17-3)15-20-13-7/h1-3H3. The average molecular weight is 279 g/mol. The van der Waals surface area contributed by atoms with Crippen LogP contribution in [-0.4, -0.2) is 52.1 Å². The molecule has 11 nitrogen and oxygen atoms in total. The molecule has 0 atom stereocenters. The summed E-state index contributed by atoms with van der Waals surface area (Å²) in [4.78, 5) is 1.71. The van der Waals surface area contributed by atoms with E-state index in [1.165, 1.54) is 7.11 Å². The first-order valence-corrected chi connectivity index (χ1v) is 5.42. The highest BCUT2D eigenvalue weighted by Crippen LogP contribution is 2.34. The summed E-state index contributed by atoms with van der Waals surface area (Å²) in [7, 11) is 5.00. The summed E-state index contributed by atoms with van der Waals surface area (Å²) in [6.45, 7) is 0. The van der Waals surface area contributed by atoms with Gasteiger partial charge in [0.25, 0.3) is 5.88 Å². The predicted molar refractivity (Wildman–Crippen MR) is 61.8 cm³/mol. The molecule has 104 valence electrons. The molecule has 11 heteroatoms. The highest BCUT2D eigenvalue weighted by molar-refractivity contribution is 5.80. The molecule has 3 aromatic heterocycles. The van der Waals surface area contributed by atoms with Gasteiger partial charge < -0.3 is 9.64 Å². The molecule has 20 heavy (non-hydrogen) atoms. The average Bonchev–Trinajstić information content (AvgIpc) is 3.16. The molecule has 0 aromatic carbocycles. The molecule has 0 aliphatic carbocycles. The van der Waals surface area contributed by atoms with Gasteiger partial charge in [0.2, 0.25) is 11.5 Å². The van der Waals surface area contributed by atoms with Gasteiger partial charge in [-0.1, -0.05) is 0 Å². The topological polar surface area (TPSA) is 129 Å². The Kier molecular flexibility index (Phi) is 2.78. The molecule has 0 bridgehead atoms. The molecule has 0 aliphatic rings. The Morgan fingerprint density at radius 1 is 0.750 bits per heavy atom. The molecule has 0 radical (unpaired) electrons. The number of rotatable bonds is 4. The number of anilines is 1. The zero-order chi connectivity index (χ0) is 14.1. The highest BCUT2D eigenvalue weighted by Gasteiger charge is 2.28. The molecule has 0 aliphatic heterocycles. The number of aromatic nitrogens is 6. The number of ether oxygens (including phenoxy) is 1. The first kappa shape index (κ1) is 12.1. The van der Waals surface area contributed by atoms with Crippen LogP contribution in [0.4, 0.5) is 5.82 Å². The predicted octanol–water partition coefficient (Wildman–Crippen LogP) is 0.244. The summed E-state index contributed by atoms with van der Waals surface area (Å²) >= 11 is 0. The summed E-state index contributed by atoms with van der Waals surface area (Å²) in [5.41, 5.74) is 1.17. The molecule has 3 heterocycles. The van der Waals surface area contributed by atoms with Gasteiger partial charge in [0.05, 0.1) is 7.11 Å². The van der Waals surface area contributed by atoms with E-state index in [1.807, 2.05) is 0 Å². The van der Waals surface area contributed by atoms with E-state index in [4.69, 9.17) is 14.0 Å². The third-order valence-corrected chi connectivity index (χ3v) is 2.48. The minimum Gasteiger partial charge on any atom is -0.477 e. The minimum atomic E-state index is 0.157. The Labute approximate surface area is 111 Å². The molecule has 0 unspecified atom stereocenters. The lowest BCUT2D eigenvalue weighted by Crippen LogP contribution is -2.10. The van der Waals surface area contributed by atoms with E-state index in [2.05, 4.69) is 35.6 Å². The summed E-state index contributed by atoms with van der Waals surface area (Å²) in [6, 6.07) is 0. The SMILES string of the molecule is COc1nonc1-c1nonc1-c1nonc1N(C)C. The molecular weight excluding hydrogens is 270 g/mol. The molecule has 0 saturated heterocycles. The lowest BCUT2D eigenvalue weighted by molar-refractivity contribution is 0.281. The lowest BCUT2D eigenvalue weighted by atomic mass is 10.2. The number of hydrogen-bond acceptors (Lipinski definition) is 11. The summed E-state index contributed by atoms with van der Waals surface area (Å²) in [6.07, 6.45) is 0. The number of methoxy groups -OCH3 is 1. The van der Waals surface area contributed by atoms with Gasteiger partial charge in [-0.3, -0.25) is 0 Å². The summed E-state index contributed by atoms with van der Waals surface area (Å²) in [5, 5.41) is 22.4. The van der Waals surface area contributed by atoms with Crippen molar-refractivity contribution in [2.75, 3.05) is 26.1 Å². The van der Waals surface area contributed by atoms with Gasteiger partial charge in [-0.25, -0.2) is 13.9 Å². The van der Waals surface area contributed by atoms with Gasteiger partial charge in [-0.05, 0) is 30.9 Å². The smallest absolute Gasteiger partial charge is 0.285 e. The largest absolute Gasteiger partial charge is 0.477 e. The van der Waals surface area contributed by atoms with E-state index >= 15 is 0 Å². The van der Waals surface area contributed by atoms with E-state index in [-0.39, 0.29) is 17.3 Å². The molecule has 3 rings (SSSR count). The number of nitrogens with zero attached hydrogens (tertiary/aromatic N) is 7. The monoisotopic (exact) mass is 279 g/mol. The summed E-state index contributed by atoms with van der Waals surface area (Å²) in [5.74, 6) is 0.627. The van der Waals surface area contributed by atoms with E-state index in [0.29, 0.717) is 17.2 Å². The van der Waals surface area contributed by atoms with Gasteiger partial charge in [0, 0.05) is 14.1 Å². The highest BCUT2D eigenvalue weighted by atomic mass is 16.6. The van der Waals surface area contributed by atoms with Crippen molar-refractivity contribution in [1.29, 1.82) is 0 Å². The quantitative estimate of drug-likeness (QED) is 0.650. The van der Waals surface area contributed by atoms with Gasteiger partial charge >= 0.3 is 0 Å². The van der Waals surface area contributed by atoms with E-state index in [1.54, 1.807) is 19.0 Å². The van der Waals surface area contributed by atoms with Crippen molar-refractivity contribution in [3.63, 3.8) is 0 Å². The van der Waals surface area contributed by atoms with Crippen molar-refractivity contribution in [2.24, 2.45) is 0 Å². The second-order valence-corrected chi connectivity index (χ2v) is 3.91. The van der Waals surface area contributed by atoms with Crippen LogP contribution in [0.25, 0.3) is 22.8 Å². The first-order chi connectivity index (χ1) is 9.72. The maximum Gasteiger partial charge on any atom is 0.285 e. The first-order valence-electron chi connectivity index (χ1n) is 5.42. The van der Waals surface area contributed by atoms with Gasteiger partial charge in [0.1, 0.15) is 0 Å². The van der Waals surface area contributed by atoms with Crippen LogP contribution in [0.5, 0.6) is 5.88 Å². The van der Waals surface area contributed by atoms with Crippen LogP contribution in [0.1, 0.15) is 0 Å². The fourth-order valence-electron chi connectivity index (χ4n) is 1.58. The van der Waals surface area contributed by atoms with Crippen LogP contribution in [0.15, 0.2) is 13.9 Å². The summed E-state index contributed by atoms with van der Waals surface area (Å²) < 4.78 is 19.1. The second kappa shape index (κ2) is 4.60. The Balaban J connectivity index is 2.13.